The van der Waals surface area contributed by atoms with Crippen LogP contribution in [0, 0.1) is 0 Å². The fourth-order valence-corrected chi connectivity index (χ4v) is 2.36. The van der Waals surface area contributed by atoms with E-state index in [9.17, 15) is 4.79 Å². The molecule has 0 atom stereocenters. The van der Waals surface area contributed by atoms with Crippen molar-refractivity contribution in [2.75, 3.05) is 21.3 Å². The van der Waals surface area contributed by atoms with Crippen LogP contribution in [0.4, 0.5) is 0 Å². The number of para-hydroxylation sites is 1. The van der Waals surface area contributed by atoms with Crippen molar-refractivity contribution >= 4 is 12.1 Å². The van der Waals surface area contributed by atoms with Gasteiger partial charge >= 0.3 is 0 Å². The summed E-state index contributed by atoms with van der Waals surface area (Å²) in [5, 5.41) is 4.03. The van der Waals surface area contributed by atoms with Crippen LogP contribution in [-0.2, 0) is 0 Å². The molecule has 144 valence electrons. The summed E-state index contributed by atoms with van der Waals surface area (Å²) in [5.74, 6) is 1.80. The molecular formula is C20H24N2O5. The Balaban J connectivity index is 2.17. The lowest BCUT2D eigenvalue weighted by Crippen LogP contribution is -2.18. The smallest absolute Gasteiger partial charge is 0.271 e. The summed E-state index contributed by atoms with van der Waals surface area (Å²) >= 11 is 0. The SMILES string of the molecule is COc1ccc(C(=O)N/N=C\c2cccc(OC)c2OC(C)C)cc1OC. The van der Waals surface area contributed by atoms with Crippen molar-refractivity contribution in [1.29, 1.82) is 0 Å². The molecule has 0 radical (unpaired) electrons. The van der Waals surface area contributed by atoms with Crippen LogP contribution in [0.2, 0.25) is 0 Å². The Bertz CT molecular complexity index is 818. The average molecular weight is 372 g/mol. The Labute approximate surface area is 158 Å². The molecule has 0 heterocycles. The molecule has 0 aliphatic rings. The molecule has 0 fully saturated rings. The van der Waals surface area contributed by atoms with Gasteiger partial charge in [0.15, 0.2) is 23.0 Å². The van der Waals surface area contributed by atoms with Crippen LogP contribution in [0.25, 0.3) is 0 Å². The first-order chi connectivity index (χ1) is 13.0. The number of rotatable bonds is 8. The maximum absolute atomic E-state index is 12.3. The van der Waals surface area contributed by atoms with Gasteiger partial charge in [-0.15, -0.1) is 0 Å². The lowest BCUT2D eigenvalue weighted by atomic mass is 10.2. The second kappa shape index (κ2) is 9.47. The highest BCUT2D eigenvalue weighted by Crippen LogP contribution is 2.31. The van der Waals surface area contributed by atoms with Crippen LogP contribution in [0.15, 0.2) is 41.5 Å². The topological polar surface area (TPSA) is 78.4 Å². The van der Waals surface area contributed by atoms with Gasteiger partial charge in [0.2, 0.25) is 0 Å². The van der Waals surface area contributed by atoms with Gasteiger partial charge in [0, 0.05) is 11.1 Å². The Morgan fingerprint density at radius 1 is 1.00 bits per heavy atom. The van der Waals surface area contributed by atoms with Crippen molar-refractivity contribution in [1.82, 2.24) is 5.43 Å². The molecule has 0 aliphatic carbocycles. The van der Waals surface area contributed by atoms with E-state index in [1.807, 2.05) is 26.0 Å². The maximum atomic E-state index is 12.3. The van der Waals surface area contributed by atoms with Crippen LogP contribution >= 0.6 is 0 Å². The zero-order chi connectivity index (χ0) is 19.8. The average Bonchev–Trinajstić information content (AvgIpc) is 2.67. The Morgan fingerprint density at radius 3 is 2.33 bits per heavy atom. The minimum Gasteiger partial charge on any atom is -0.493 e. The number of hydrogen-bond donors (Lipinski definition) is 1. The number of benzene rings is 2. The van der Waals surface area contributed by atoms with Crippen molar-refractivity contribution < 1.29 is 23.7 Å². The van der Waals surface area contributed by atoms with E-state index >= 15 is 0 Å². The van der Waals surface area contributed by atoms with Crippen molar-refractivity contribution in [2.45, 2.75) is 20.0 Å². The highest BCUT2D eigenvalue weighted by Gasteiger charge is 2.12. The molecule has 0 aliphatic heterocycles. The number of ether oxygens (including phenoxy) is 4. The summed E-state index contributed by atoms with van der Waals surface area (Å²) in [7, 11) is 4.62. The highest BCUT2D eigenvalue weighted by atomic mass is 16.5. The minimum atomic E-state index is -0.374. The van der Waals surface area contributed by atoms with Crippen molar-refractivity contribution in [2.24, 2.45) is 5.10 Å². The summed E-state index contributed by atoms with van der Waals surface area (Å²) in [5.41, 5.74) is 3.58. The lowest BCUT2D eigenvalue weighted by Gasteiger charge is -2.15. The van der Waals surface area contributed by atoms with Gasteiger partial charge in [0.25, 0.3) is 5.91 Å². The van der Waals surface area contributed by atoms with Gasteiger partial charge in [-0.25, -0.2) is 5.43 Å². The van der Waals surface area contributed by atoms with Gasteiger partial charge in [0.05, 0.1) is 33.6 Å². The molecule has 0 bridgehead atoms. The van der Waals surface area contributed by atoms with E-state index in [1.165, 1.54) is 20.4 Å². The number of amides is 1. The largest absolute Gasteiger partial charge is 0.493 e. The summed E-state index contributed by atoms with van der Waals surface area (Å²) in [6, 6.07) is 10.3. The zero-order valence-corrected chi connectivity index (χ0v) is 16.1. The summed E-state index contributed by atoms with van der Waals surface area (Å²) in [6.07, 6.45) is 1.48. The molecule has 7 nitrogen and oxygen atoms in total. The van der Waals surface area contributed by atoms with Gasteiger partial charge in [-0.05, 0) is 44.2 Å². The van der Waals surface area contributed by atoms with Crippen LogP contribution in [-0.4, -0.2) is 39.6 Å². The van der Waals surface area contributed by atoms with Crippen molar-refractivity contribution in [3.63, 3.8) is 0 Å². The van der Waals surface area contributed by atoms with Crippen molar-refractivity contribution in [3.8, 4) is 23.0 Å². The molecule has 2 rings (SSSR count). The third-order valence-electron chi connectivity index (χ3n) is 3.60. The van der Waals surface area contributed by atoms with E-state index in [0.29, 0.717) is 34.1 Å². The Hall–Kier alpha value is -3.22. The number of methoxy groups -OCH3 is 3. The molecule has 2 aromatic rings. The Kier molecular flexibility index (Phi) is 7.05. The predicted octanol–water partition coefficient (Wildman–Crippen LogP) is 3.26. The van der Waals surface area contributed by atoms with Gasteiger partial charge in [-0.3, -0.25) is 4.79 Å². The van der Waals surface area contributed by atoms with Crippen LogP contribution in [0.1, 0.15) is 29.8 Å². The molecule has 2 aromatic carbocycles. The molecular weight excluding hydrogens is 348 g/mol. The molecule has 0 spiro atoms. The summed E-state index contributed by atoms with van der Waals surface area (Å²) in [4.78, 5) is 12.3. The number of nitrogens with one attached hydrogen (secondary N) is 1. The standard InChI is InChI=1S/C20H24N2O5/c1-13(2)27-19-15(7-6-8-17(19)25-4)12-21-22-20(23)14-9-10-16(24-3)18(11-14)26-5/h6-13H,1-5H3,(H,22,23)/b21-12-. The molecule has 0 unspecified atom stereocenters. The maximum Gasteiger partial charge on any atom is 0.271 e. The van der Waals surface area contributed by atoms with E-state index < -0.39 is 0 Å². The quantitative estimate of drug-likeness (QED) is 0.568. The third-order valence-corrected chi connectivity index (χ3v) is 3.60. The summed E-state index contributed by atoms with van der Waals surface area (Å²) in [6.45, 7) is 3.85. The first-order valence-electron chi connectivity index (χ1n) is 8.39. The van der Waals surface area contributed by atoms with Gasteiger partial charge < -0.3 is 18.9 Å². The monoisotopic (exact) mass is 372 g/mol. The van der Waals surface area contributed by atoms with Crippen LogP contribution in [0.5, 0.6) is 23.0 Å². The van der Waals surface area contributed by atoms with Crippen LogP contribution < -0.4 is 24.4 Å². The van der Waals surface area contributed by atoms with Crippen LogP contribution in [0.3, 0.4) is 0 Å². The van der Waals surface area contributed by atoms with E-state index in [4.69, 9.17) is 18.9 Å². The first-order valence-corrected chi connectivity index (χ1v) is 8.39. The second-order valence-corrected chi connectivity index (χ2v) is 5.81. The fourth-order valence-electron chi connectivity index (χ4n) is 2.36. The molecule has 1 amide bonds. The first kappa shape index (κ1) is 20.1. The summed E-state index contributed by atoms with van der Waals surface area (Å²) < 4.78 is 21.5. The van der Waals surface area contributed by atoms with E-state index in [-0.39, 0.29) is 12.0 Å². The predicted molar refractivity (Wildman–Crippen MR) is 103 cm³/mol. The normalized spacial score (nSPS) is 10.7. The molecule has 27 heavy (non-hydrogen) atoms. The van der Waals surface area contributed by atoms with E-state index in [1.54, 1.807) is 31.4 Å². The van der Waals surface area contributed by atoms with E-state index in [2.05, 4.69) is 10.5 Å². The number of nitrogens with zero attached hydrogens (tertiary/aromatic N) is 1. The van der Waals surface area contributed by atoms with Crippen molar-refractivity contribution in [3.05, 3.63) is 47.5 Å². The second-order valence-electron chi connectivity index (χ2n) is 5.81. The molecule has 0 saturated carbocycles. The van der Waals surface area contributed by atoms with E-state index in [0.717, 1.165) is 0 Å². The lowest BCUT2D eigenvalue weighted by molar-refractivity contribution is 0.0954. The molecule has 7 heteroatoms. The molecule has 0 aromatic heterocycles. The number of hydrazone groups is 1. The number of carbonyl (C=O) groups excluding carboxylic acids is 1. The third kappa shape index (κ3) is 5.13. The zero-order valence-electron chi connectivity index (χ0n) is 16.1. The minimum absolute atomic E-state index is 0.0326. The molecule has 0 saturated heterocycles. The van der Waals surface area contributed by atoms with Gasteiger partial charge in [0.1, 0.15) is 0 Å². The van der Waals surface area contributed by atoms with Gasteiger partial charge in [-0.2, -0.15) is 5.10 Å². The fraction of sp³-hybridized carbons (Fsp3) is 0.300. The number of carbonyl (C=O) groups is 1. The number of hydrogen-bond acceptors (Lipinski definition) is 6. The van der Waals surface area contributed by atoms with Gasteiger partial charge in [-0.1, -0.05) is 6.07 Å². The molecule has 1 N–H and O–H groups in total. The highest BCUT2D eigenvalue weighted by molar-refractivity contribution is 5.95. The Morgan fingerprint density at radius 2 is 1.70 bits per heavy atom.